The molecule has 2 aromatic rings. The highest BCUT2D eigenvalue weighted by Crippen LogP contribution is 2.35. The fourth-order valence-corrected chi connectivity index (χ4v) is 3.11. The second-order valence-corrected chi connectivity index (χ2v) is 5.74. The van der Waals surface area contributed by atoms with E-state index >= 15 is 0 Å². The van der Waals surface area contributed by atoms with Crippen molar-refractivity contribution in [3.63, 3.8) is 0 Å². The van der Waals surface area contributed by atoms with Gasteiger partial charge in [-0.1, -0.05) is 43.7 Å². The minimum Gasteiger partial charge on any atom is -0.496 e. The zero-order chi connectivity index (χ0) is 13.9. The topological polar surface area (TPSA) is 21.3 Å². The molecule has 0 heterocycles. The van der Waals surface area contributed by atoms with Crippen molar-refractivity contribution >= 4 is 10.8 Å². The quantitative estimate of drug-likeness (QED) is 0.851. The second-order valence-electron chi connectivity index (χ2n) is 5.74. The largest absolute Gasteiger partial charge is 0.496 e. The Balaban J connectivity index is 1.79. The van der Waals surface area contributed by atoms with Crippen LogP contribution in [0.4, 0.5) is 0 Å². The van der Waals surface area contributed by atoms with Crippen LogP contribution in [0.15, 0.2) is 36.4 Å². The van der Waals surface area contributed by atoms with Crippen molar-refractivity contribution in [1.29, 1.82) is 0 Å². The maximum atomic E-state index is 5.54. The van der Waals surface area contributed by atoms with Crippen LogP contribution < -0.4 is 10.1 Å². The molecule has 2 heteroatoms. The first-order chi connectivity index (χ1) is 9.83. The fraction of sp³-hybridized carbons (Fsp3) is 0.444. The van der Waals surface area contributed by atoms with Gasteiger partial charge in [0.25, 0.3) is 0 Å². The monoisotopic (exact) mass is 269 g/mol. The van der Waals surface area contributed by atoms with Crippen molar-refractivity contribution in [2.24, 2.45) is 5.92 Å². The molecule has 0 bridgehead atoms. The van der Waals surface area contributed by atoms with Gasteiger partial charge in [-0.25, -0.2) is 0 Å². The molecule has 0 saturated heterocycles. The smallest absolute Gasteiger partial charge is 0.123 e. The molecule has 20 heavy (non-hydrogen) atoms. The summed E-state index contributed by atoms with van der Waals surface area (Å²) in [4.78, 5) is 0. The van der Waals surface area contributed by atoms with Gasteiger partial charge < -0.3 is 10.1 Å². The molecule has 0 radical (unpaired) electrons. The number of ether oxygens (including phenoxy) is 1. The van der Waals surface area contributed by atoms with E-state index in [0.29, 0.717) is 6.04 Å². The van der Waals surface area contributed by atoms with Gasteiger partial charge in [0, 0.05) is 18.2 Å². The van der Waals surface area contributed by atoms with Gasteiger partial charge in [-0.2, -0.15) is 0 Å². The Bertz CT molecular complexity index is 593. The van der Waals surface area contributed by atoms with Crippen LogP contribution in [0.1, 0.15) is 31.7 Å². The van der Waals surface area contributed by atoms with E-state index in [1.165, 1.54) is 35.6 Å². The Morgan fingerprint density at radius 1 is 1.20 bits per heavy atom. The van der Waals surface area contributed by atoms with Crippen molar-refractivity contribution in [3.8, 4) is 5.75 Å². The summed E-state index contributed by atoms with van der Waals surface area (Å²) >= 11 is 0. The Morgan fingerprint density at radius 3 is 2.85 bits per heavy atom. The maximum Gasteiger partial charge on any atom is 0.123 e. The molecule has 0 aromatic heterocycles. The first-order valence-electron chi connectivity index (χ1n) is 7.61. The maximum absolute atomic E-state index is 5.54. The third-order valence-corrected chi connectivity index (χ3v) is 4.34. The van der Waals surface area contributed by atoms with Crippen LogP contribution in [0.5, 0.6) is 5.75 Å². The van der Waals surface area contributed by atoms with E-state index in [2.05, 4.69) is 48.6 Å². The first-order valence-corrected chi connectivity index (χ1v) is 7.61. The molecule has 1 N–H and O–H groups in total. The molecule has 1 saturated carbocycles. The van der Waals surface area contributed by atoms with Crippen molar-refractivity contribution < 1.29 is 4.74 Å². The van der Waals surface area contributed by atoms with Crippen LogP contribution in [0, 0.1) is 5.92 Å². The summed E-state index contributed by atoms with van der Waals surface area (Å²) in [5, 5.41) is 6.28. The number of nitrogens with one attached hydrogen (secondary N) is 1. The molecule has 3 rings (SSSR count). The minimum atomic E-state index is 0.707. The molecule has 106 valence electrons. The average molecular weight is 269 g/mol. The van der Waals surface area contributed by atoms with E-state index in [1.807, 2.05) is 0 Å². The molecule has 0 aliphatic heterocycles. The van der Waals surface area contributed by atoms with Gasteiger partial charge in [0.15, 0.2) is 0 Å². The van der Waals surface area contributed by atoms with Crippen molar-refractivity contribution in [2.45, 2.75) is 38.8 Å². The Hall–Kier alpha value is -1.54. The van der Waals surface area contributed by atoms with Crippen LogP contribution in [0.3, 0.4) is 0 Å². The van der Waals surface area contributed by atoms with E-state index in [-0.39, 0.29) is 0 Å². The second kappa shape index (κ2) is 5.84. The average Bonchev–Trinajstić information content (AvgIpc) is 3.23. The number of benzene rings is 2. The molecule has 2 aromatic carbocycles. The lowest BCUT2D eigenvalue weighted by Crippen LogP contribution is -2.18. The molecule has 2 nitrogen and oxygen atoms in total. The predicted molar refractivity (Wildman–Crippen MR) is 84.1 cm³/mol. The SMILES string of the molecule is CCCC1CC1NCc1c(OC)ccc2ccccc12. The Labute approximate surface area is 121 Å². The third-order valence-electron chi connectivity index (χ3n) is 4.34. The lowest BCUT2D eigenvalue weighted by atomic mass is 10.0. The number of hydrogen-bond donors (Lipinski definition) is 1. The van der Waals surface area contributed by atoms with Gasteiger partial charge in [-0.3, -0.25) is 0 Å². The zero-order valence-electron chi connectivity index (χ0n) is 12.4. The highest BCUT2D eigenvalue weighted by molar-refractivity contribution is 5.87. The third kappa shape index (κ3) is 2.66. The number of fused-ring (bicyclic) bond motifs is 1. The minimum absolute atomic E-state index is 0.707. The number of hydrogen-bond acceptors (Lipinski definition) is 2. The zero-order valence-corrected chi connectivity index (χ0v) is 12.4. The van der Waals surface area contributed by atoms with E-state index in [4.69, 9.17) is 4.74 Å². The summed E-state index contributed by atoms with van der Waals surface area (Å²) < 4.78 is 5.54. The van der Waals surface area contributed by atoms with Crippen molar-refractivity contribution in [2.75, 3.05) is 7.11 Å². The summed E-state index contributed by atoms with van der Waals surface area (Å²) in [7, 11) is 1.75. The lowest BCUT2D eigenvalue weighted by Gasteiger charge is -2.13. The summed E-state index contributed by atoms with van der Waals surface area (Å²) in [6.07, 6.45) is 3.98. The standard InChI is InChI=1S/C18H23NO/c1-3-6-14-11-17(14)19-12-16-15-8-5-4-7-13(15)9-10-18(16)20-2/h4-5,7-10,14,17,19H,3,6,11-12H2,1-2H3. The summed E-state index contributed by atoms with van der Waals surface area (Å²) in [5.41, 5.74) is 1.28. The van der Waals surface area contributed by atoms with Crippen LogP contribution in [-0.2, 0) is 6.54 Å². The molecule has 0 spiro atoms. The normalized spacial score (nSPS) is 21.1. The molecule has 2 atom stereocenters. The number of rotatable bonds is 6. The molecular weight excluding hydrogens is 246 g/mol. The summed E-state index contributed by atoms with van der Waals surface area (Å²) in [6.45, 7) is 3.17. The Morgan fingerprint density at radius 2 is 2.05 bits per heavy atom. The van der Waals surface area contributed by atoms with Crippen LogP contribution >= 0.6 is 0 Å². The van der Waals surface area contributed by atoms with Crippen molar-refractivity contribution in [3.05, 3.63) is 42.0 Å². The molecule has 0 amide bonds. The van der Waals surface area contributed by atoms with Crippen LogP contribution in [0.25, 0.3) is 10.8 Å². The van der Waals surface area contributed by atoms with Crippen LogP contribution in [-0.4, -0.2) is 13.2 Å². The highest BCUT2D eigenvalue weighted by Gasteiger charge is 2.35. The number of methoxy groups -OCH3 is 1. The Kier molecular flexibility index (Phi) is 3.93. The van der Waals surface area contributed by atoms with Gasteiger partial charge in [-0.15, -0.1) is 0 Å². The molecule has 1 fully saturated rings. The molecule has 1 aliphatic rings. The summed E-state index contributed by atoms with van der Waals surface area (Å²) in [6, 6.07) is 13.5. The van der Waals surface area contributed by atoms with Crippen molar-refractivity contribution in [1.82, 2.24) is 5.32 Å². The van der Waals surface area contributed by atoms with Gasteiger partial charge in [-0.05, 0) is 35.6 Å². The first kappa shape index (κ1) is 13.4. The van der Waals surface area contributed by atoms with E-state index in [0.717, 1.165) is 18.2 Å². The fourth-order valence-electron chi connectivity index (χ4n) is 3.11. The van der Waals surface area contributed by atoms with Gasteiger partial charge in [0.2, 0.25) is 0 Å². The van der Waals surface area contributed by atoms with Crippen LogP contribution in [0.2, 0.25) is 0 Å². The summed E-state index contributed by atoms with van der Waals surface area (Å²) in [5.74, 6) is 1.88. The van der Waals surface area contributed by atoms with E-state index in [1.54, 1.807) is 7.11 Å². The van der Waals surface area contributed by atoms with Gasteiger partial charge >= 0.3 is 0 Å². The molecule has 1 aliphatic carbocycles. The van der Waals surface area contributed by atoms with E-state index < -0.39 is 0 Å². The molecule has 2 unspecified atom stereocenters. The van der Waals surface area contributed by atoms with Gasteiger partial charge in [0.1, 0.15) is 5.75 Å². The predicted octanol–water partition coefficient (Wildman–Crippen LogP) is 4.13. The van der Waals surface area contributed by atoms with E-state index in [9.17, 15) is 0 Å². The highest BCUT2D eigenvalue weighted by atomic mass is 16.5. The lowest BCUT2D eigenvalue weighted by molar-refractivity contribution is 0.408. The molecular formula is C18H23NO. The van der Waals surface area contributed by atoms with Gasteiger partial charge in [0.05, 0.1) is 7.11 Å².